The minimum absolute atomic E-state index is 0.880. The highest BCUT2D eigenvalue weighted by molar-refractivity contribution is 5.81. The van der Waals surface area contributed by atoms with Gasteiger partial charge in [-0.3, -0.25) is 4.98 Å². The first-order chi connectivity index (χ1) is 7.86. The molecule has 1 aromatic carbocycles. The van der Waals surface area contributed by atoms with Crippen LogP contribution < -0.4 is 9.80 Å². The molecule has 0 aliphatic carbocycles. The third kappa shape index (κ3) is 1.33. The SMILES string of the molecule is CN1CN(c2ccccc2)c2cnccc21. The van der Waals surface area contributed by atoms with Crippen molar-refractivity contribution in [2.24, 2.45) is 0 Å². The molecule has 3 nitrogen and oxygen atoms in total. The molecule has 0 radical (unpaired) electrons. The molecular weight excluding hydrogens is 198 g/mol. The van der Waals surface area contributed by atoms with Crippen LogP contribution in [0.2, 0.25) is 0 Å². The van der Waals surface area contributed by atoms with Crippen LogP contribution in [-0.4, -0.2) is 18.7 Å². The summed E-state index contributed by atoms with van der Waals surface area (Å²) in [6, 6.07) is 12.4. The van der Waals surface area contributed by atoms with Gasteiger partial charge in [0.2, 0.25) is 0 Å². The van der Waals surface area contributed by atoms with Gasteiger partial charge in [0.25, 0.3) is 0 Å². The van der Waals surface area contributed by atoms with E-state index in [1.165, 1.54) is 17.1 Å². The lowest BCUT2D eigenvalue weighted by Crippen LogP contribution is -2.23. The summed E-state index contributed by atoms with van der Waals surface area (Å²) < 4.78 is 0. The lowest BCUT2D eigenvalue weighted by atomic mass is 10.2. The maximum atomic E-state index is 4.20. The van der Waals surface area contributed by atoms with Crippen LogP contribution >= 0.6 is 0 Å². The van der Waals surface area contributed by atoms with Crippen LogP contribution in [0.1, 0.15) is 0 Å². The Morgan fingerprint density at radius 3 is 2.69 bits per heavy atom. The van der Waals surface area contributed by atoms with E-state index in [9.17, 15) is 0 Å². The van der Waals surface area contributed by atoms with Crippen molar-refractivity contribution >= 4 is 17.1 Å². The average Bonchev–Trinajstić information content (AvgIpc) is 2.69. The third-order valence-electron chi connectivity index (χ3n) is 2.90. The topological polar surface area (TPSA) is 19.4 Å². The highest BCUT2D eigenvalue weighted by atomic mass is 15.4. The van der Waals surface area contributed by atoms with Crippen LogP contribution in [-0.2, 0) is 0 Å². The Hall–Kier alpha value is -2.03. The largest absolute Gasteiger partial charge is 0.355 e. The molecule has 1 aliphatic heterocycles. The van der Waals surface area contributed by atoms with Gasteiger partial charge in [-0.1, -0.05) is 18.2 Å². The summed E-state index contributed by atoms with van der Waals surface area (Å²) in [6.07, 6.45) is 3.76. The molecule has 0 unspecified atom stereocenters. The second-order valence-corrected chi connectivity index (χ2v) is 3.97. The van der Waals surface area contributed by atoms with Crippen LogP contribution in [0.3, 0.4) is 0 Å². The molecule has 0 N–H and O–H groups in total. The molecule has 0 fully saturated rings. The van der Waals surface area contributed by atoms with Gasteiger partial charge < -0.3 is 9.80 Å². The first-order valence-corrected chi connectivity index (χ1v) is 5.34. The van der Waals surface area contributed by atoms with Crippen LogP contribution in [0.25, 0.3) is 0 Å². The fraction of sp³-hybridized carbons (Fsp3) is 0.154. The number of fused-ring (bicyclic) bond motifs is 1. The predicted octanol–water partition coefficient (Wildman–Crippen LogP) is 2.63. The van der Waals surface area contributed by atoms with Crippen LogP contribution in [0.15, 0.2) is 48.8 Å². The van der Waals surface area contributed by atoms with Crippen molar-refractivity contribution in [1.82, 2.24) is 4.98 Å². The van der Waals surface area contributed by atoms with Gasteiger partial charge in [-0.15, -0.1) is 0 Å². The fourth-order valence-corrected chi connectivity index (χ4v) is 2.10. The lowest BCUT2D eigenvalue weighted by Gasteiger charge is -2.18. The monoisotopic (exact) mass is 211 g/mol. The zero-order valence-corrected chi connectivity index (χ0v) is 9.17. The van der Waals surface area contributed by atoms with E-state index in [0.717, 1.165) is 6.67 Å². The van der Waals surface area contributed by atoms with Crippen molar-refractivity contribution in [3.8, 4) is 0 Å². The molecule has 3 rings (SSSR count). The van der Waals surface area contributed by atoms with Crippen molar-refractivity contribution in [2.45, 2.75) is 0 Å². The van der Waals surface area contributed by atoms with E-state index in [-0.39, 0.29) is 0 Å². The van der Waals surface area contributed by atoms with Gasteiger partial charge in [0.05, 0.1) is 24.2 Å². The fourth-order valence-electron chi connectivity index (χ4n) is 2.10. The summed E-state index contributed by atoms with van der Waals surface area (Å²) in [5, 5.41) is 0. The van der Waals surface area contributed by atoms with Gasteiger partial charge in [-0.25, -0.2) is 0 Å². The van der Waals surface area contributed by atoms with E-state index in [4.69, 9.17) is 0 Å². The lowest BCUT2D eigenvalue weighted by molar-refractivity contribution is 0.950. The van der Waals surface area contributed by atoms with Crippen molar-refractivity contribution in [3.05, 3.63) is 48.8 Å². The normalized spacial score (nSPS) is 14.1. The van der Waals surface area contributed by atoms with Crippen LogP contribution in [0.5, 0.6) is 0 Å². The molecule has 80 valence electrons. The number of hydrogen-bond donors (Lipinski definition) is 0. The van der Waals surface area contributed by atoms with Gasteiger partial charge in [-0.05, 0) is 18.2 Å². The van der Waals surface area contributed by atoms with Gasteiger partial charge in [-0.2, -0.15) is 0 Å². The van der Waals surface area contributed by atoms with Crippen LogP contribution in [0, 0.1) is 0 Å². The Morgan fingerprint density at radius 1 is 1.06 bits per heavy atom. The van der Waals surface area contributed by atoms with E-state index in [2.05, 4.69) is 52.2 Å². The maximum absolute atomic E-state index is 4.20. The Morgan fingerprint density at radius 2 is 1.88 bits per heavy atom. The molecule has 3 heteroatoms. The van der Waals surface area contributed by atoms with Crippen molar-refractivity contribution < 1.29 is 0 Å². The van der Waals surface area contributed by atoms with Crippen molar-refractivity contribution in [2.75, 3.05) is 23.5 Å². The Balaban J connectivity index is 2.07. The van der Waals surface area contributed by atoms with E-state index >= 15 is 0 Å². The average molecular weight is 211 g/mol. The summed E-state index contributed by atoms with van der Waals surface area (Å²) in [7, 11) is 2.10. The first-order valence-electron chi connectivity index (χ1n) is 5.34. The van der Waals surface area contributed by atoms with Crippen molar-refractivity contribution in [3.63, 3.8) is 0 Å². The second-order valence-electron chi connectivity index (χ2n) is 3.97. The zero-order chi connectivity index (χ0) is 11.0. The molecule has 0 atom stereocenters. The number of nitrogens with zero attached hydrogens (tertiary/aromatic N) is 3. The molecule has 0 spiro atoms. The number of aromatic nitrogens is 1. The molecular formula is C13H13N3. The summed E-state index contributed by atoms with van der Waals surface area (Å²) >= 11 is 0. The minimum Gasteiger partial charge on any atom is -0.355 e. The van der Waals surface area contributed by atoms with E-state index < -0.39 is 0 Å². The molecule has 2 aromatic rings. The molecule has 16 heavy (non-hydrogen) atoms. The highest BCUT2D eigenvalue weighted by Crippen LogP contribution is 2.38. The minimum atomic E-state index is 0.880. The number of benzene rings is 1. The zero-order valence-electron chi connectivity index (χ0n) is 9.17. The second kappa shape index (κ2) is 3.52. The van der Waals surface area contributed by atoms with Crippen LogP contribution in [0.4, 0.5) is 17.1 Å². The first kappa shape index (κ1) is 9.21. The molecule has 0 amide bonds. The summed E-state index contributed by atoms with van der Waals surface area (Å²) in [4.78, 5) is 8.69. The van der Waals surface area contributed by atoms with E-state index in [1.807, 2.05) is 18.5 Å². The maximum Gasteiger partial charge on any atom is 0.0950 e. The highest BCUT2D eigenvalue weighted by Gasteiger charge is 2.23. The van der Waals surface area contributed by atoms with Gasteiger partial charge >= 0.3 is 0 Å². The molecule has 0 saturated carbocycles. The van der Waals surface area contributed by atoms with Gasteiger partial charge in [0.1, 0.15) is 0 Å². The smallest absolute Gasteiger partial charge is 0.0950 e. The number of pyridine rings is 1. The summed E-state index contributed by atoms with van der Waals surface area (Å²) in [5.74, 6) is 0. The summed E-state index contributed by atoms with van der Waals surface area (Å²) in [5.41, 5.74) is 3.62. The Labute approximate surface area is 95.0 Å². The standard InChI is InChI=1S/C13H13N3/c1-15-10-16(11-5-3-2-4-6-11)13-9-14-8-7-12(13)15/h2-9H,10H2,1H3. The quantitative estimate of drug-likeness (QED) is 0.722. The molecule has 0 bridgehead atoms. The molecule has 2 heterocycles. The van der Waals surface area contributed by atoms with Crippen molar-refractivity contribution in [1.29, 1.82) is 0 Å². The Kier molecular flexibility index (Phi) is 2.03. The number of anilines is 3. The molecule has 0 saturated heterocycles. The third-order valence-corrected chi connectivity index (χ3v) is 2.90. The van der Waals surface area contributed by atoms with E-state index in [0.29, 0.717) is 0 Å². The van der Waals surface area contributed by atoms with E-state index in [1.54, 1.807) is 0 Å². The summed E-state index contributed by atoms with van der Waals surface area (Å²) in [6.45, 7) is 0.880. The number of hydrogen-bond acceptors (Lipinski definition) is 3. The number of rotatable bonds is 1. The Bertz CT molecular complexity index is 496. The molecule has 1 aliphatic rings. The van der Waals surface area contributed by atoms with Gasteiger partial charge in [0.15, 0.2) is 0 Å². The predicted molar refractivity (Wildman–Crippen MR) is 66.1 cm³/mol. The van der Waals surface area contributed by atoms with Gasteiger partial charge in [0, 0.05) is 18.9 Å². The molecule has 1 aromatic heterocycles. The number of para-hydroxylation sites is 1.